The Hall–Kier alpha value is -1.39. The molecule has 1 saturated heterocycles. The molecule has 1 aromatic rings. The van der Waals surface area contributed by atoms with E-state index in [1.807, 2.05) is 30.3 Å². The Bertz CT molecular complexity index is 352. The second kappa shape index (κ2) is 3.08. The van der Waals surface area contributed by atoms with Crippen LogP contribution in [-0.2, 0) is 15.3 Å². The summed E-state index contributed by atoms with van der Waals surface area (Å²) in [5, 5.41) is 1.14. The summed E-state index contributed by atoms with van der Waals surface area (Å²) >= 11 is 0. The molecule has 74 valence electrons. The Balaban J connectivity index is 2.39. The summed E-state index contributed by atoms with van der Waals surface area (Å²) in [6.07, 6.45) is 0. The van der Waals surface area contributed by atoms with Gasteiger partial charge in [-0.3, -0.25) is 4.79 Å². The van der Waals surface area contributed by atoms with Gasteiger partial charge >= 0.3 is 0 Å². The van der Waals surface area contributed by atoms with E-state index in [2.05, 4.69) is 0 Å². The molecule has 2 rings (SSSR count). The van der Waals surface area contributed by atoms with Crippen LogP contribution in [0.5, 0.6) is 0 Å². The normalized spacial score (nSPS) is 27.0. The zero-order chi connectivity index (χ0) is 10.2. The summed E-state index contributed by atoms with van der Waals surface area (Å²) in [7, 11) is 0. The van der Waals surface area contributed by atoms with Crippen molar-refractivity contribution in [3.8, 4) is 0 Å². The van der Waals surface area contributed by atoms with Crippen molar-refractivity contribution in [1.82, 2.24) is 5.01 Å². The number of rotatable bonds is 1. The van der Waals surface area contributed by atoms with Crippen LogP contribution < -0.4 is 5.84 Å². The Labute approximate surface area is 82.2 Å². The fraction of sp³-hybridized carbons (Fsp3) is 0.300. The van der Waals surface area contributed by atoms with E-state index in [0.717, 1.165) is 10.6 Å². The lowest BCUT2D eigenvalue weighted by molar-refractivity contribution is -0.133. The molecule has 0 radical (unpaired) electrons. The second-order valence-corrected chi connectivity index (χ2v) is 3.40. The molecule has 0 spiro atoms. The summed E-state index contributed by atoms with van der Waals surface area (Å²) in [4.78, 5) is 11.2. The molecule has 14 heavy (non-hydrogen) atoms. The first kappa shape index (κ1) is 9.18. The highest BCUT2D eigenvalue weighted by atomic mass is 16.5. The van der Waals surface area contributed by atoms with Gasteiger partial charge in [-0.25, -0.2) is 10.9 Å². The molecule has 4 heteroatoms. The highest BCUT2D eigenvalue weighted by Crippen LogP contribution is 2.31. The maximum atomic E-state index is 11.2. The lowest BCUT2D eigenvalue weighted by Gasteiger charge is -2.30. The maximum absolute atomic E-state index is 11.2. The van der Waals surface area contributed by atoms with Gasteiger partial charge in [-0.1, -0.05) is 30.3 Å². The van der Waals surface area contributed by atoms with Gasteiger partial charge in [0.1, 0.15) is 6.61 Å². The predicted octanol–water partition coefficient (Wildman–Crippen LogP) is 0.592. The molecule has 1 aliphatic heterocycles. The van der Waals surface area contributed by atoms with Crippen LogP contribution in [0.25, 0.3) is 0 Å². The average molecular weight is 192 g/mol. The summed E-state index contributed by atoms with van der Waals surface area (Å²) < 4.78 is 5.40. The fourth-order valence-electron chi connectivity index (χ4n) is 1.55. The lowest BCUT2D eigenvalue weighted by atomic mass is 10.1. The molecule has 2 N–H and O–H groups in total. The van der Waals surface area contributed by atoms with Gasteiger partial charge in [0.25, 0.3) is 5.91 Å². The Morgan fingerprint density at radius 2 is 2.07 bits per heavy atom. The van der Waals surface area contributed by atoms with Crippen molar-refractivity contribution in [2.75, 3.05) is 6.61 Å². The Morgan fingerprint density at radius 3 is 2.57 bits per heavy atom. The summed E-state index contributed by atoms with van der Waals surface area (Å²) in [6, 6.07) is 9.46. The highest BCUT2D eigenvalue weighted by Gasteiger charge is 2.42. The lowest BCUT2D eigenvalue weighted by Crippen LogP contribution is -2.46. The SMILES string of the molecule is CC1(c2ccccc2)OCC(=O)N1N. The van der Waals surface area contributed by atoms with Crippen LogP contribution in [0, 0.1) is 0 Å². The summed E-state index contributed by atoms with van der Waals surface area (Å²) in [5.74, 6) is 5.45. The van der Waals surface area contributed by atoms with Crippen molar-refractivity contribution in [1.29, 1.82) is 0 Å². The Kier molecular flexibility index (Phi) is 2.02. The van der Waals surface area contributed by atoms with E-state index in [1.54, 1.807) is 6.92 Å². The van der Waals surface area contributed by atoms with Crippen LogP contribution in [0.15, 0.2) is 30.3 Å². The number of amides is 1. The molecule has 1 aromatic carbocycles. The van der Waals surface area contributed by atoms with Crippen LogP contribution in [0.2, 0.25) is 0 Å². The summed E-state index contributed by atoms with van der Waals surface area (Å²) in [5.41, 5.74) is 0.0616. The van der Waals surface area contributed by atoms with E-state index < -0.39 is 5.72 Å². The van der Waals surface area contributed by atoms with Gasteiger partial charge in [0.2, 0.25) is 0 Å². The van der Waals surface area contributed by atoms with Gasteiger partial charge in [0.05, 0.1) is 0 Å². The van der Waals surface area contributed by atoms with Crippen LogP contribution >= 0.6 is 0 Å². The van der Waals surface area contributed by atoms with Gasteiger partial charge in [-0.15, -0.1) is 0 Å². The van der Waals surface area contributed by atoms with E-state index in [4.69, 9.17) is 10.6 Å². The highest BCUT2D eigenvalue weighted by molar-refractivity contribution is 5.79. The minimum Gasteiger partial charge on any atom is -0.340 e. The van der Waals surface area contributed by atoms with Gasteiger partial charge in [-0.05, 0) is 6.92 Å². The summed E-state index contributed by atoms with van der Waals surface area (Å²) in [6.45, 7) is 1.83. The van der Waals surface area contributed by atoms with Crippen molar-refractivity contribution in [3.05, 3.63) is 35.9 Å². The van der Waals surface area contributed by atoms with Crippen molar-refractivity contribution in [2.45, 2.75) is 12.6 Å². The molecule has 4 nitrogen and oxygen atoms in total. The van der Waals surface area contributed by atoms with E-state index in [0.29, 0.717) is 0 Å². The second-order valence-electron chi connectivity index (χ2n) is 3.40. The van der Waals surface area contributed by atoms with E-state index >= 15 is 0 Å². The van der Waals surface area contributed by atoms with E-state index in [1.165, 1.54) is 0 Å². The van der Waals surface area contributed by atoms with Crippen molar-refractivity contribution < 1.29 is 9.53 Å². The largest absolute Gasteiger partial charge is 0.340 e. The minimum absolute atomic E-state index is 0.0435. The molecule has 1 atom stereocenters. The fourth-order valence-corrected chi connectivity index (χ4v) is 1.55. The third kappa shape index (κ3) is 1.20. The maximum Gasteiger partial charge on any atom is 0.265 e. The van der Waals surface area contributed by atoms with Crippen LogP contribution in [0.4, 0.5) is 0 Å². The molecule has 1 aliphatic rings. The minimum atomic E-state index is -0.821. The number of benzene rings is 1. The van der Waals surface area contributed by atoms with E-state index in [9.17, 15) is 4.79 Å². The average Bonchev–Trinajstić information content (AvgIpc) is 2.49. The number of carbonyl (C=O) groups is 1. The molecule has 1 amide bonds. The molecular formula is C10H12N2O2. The number of nitrogens with zero attached hydrogens (tertiary/aromatic N) is 1. The van der Waals surface area contributed by atoms with Gasteiger partial charge < -0.3 is 4.74 Å². The van der Waals surface area contributed by atoms with Crippen LogP contribution in [-0.4, -0.2) is 17.5 Å². The third-order valence-electron chi connectivity index (χ3n) is 2.51. The van der Waals surface area contributed by atoms with Gasteiger partial charge in [0.15, 0.2) is 5.72 Å². The molecule has 0 aromatic heterocycles. The predicted molar refractivity (Wildman–Crippen MR) is 50.8 cm³/mol. The number of ether oxygens (including phenoxy) is 1. The first-order chi connectivity index (χ1) is 6.64. The van der Waals surface area contributed by atoms with E-state index in [-0.39, 0.29) is 12.5 Å². The number of nitrogens with two attached hydrogens (primary N) is 1. The topological polar surface area (TPSA) is 55.6 Å². The quantitative estimate of drug-likeness (QED) is 0.523. The van der Waals surface area contributed by atoms with Crippen molar-refractivity contribution >= 4 is 5.91 Å². The number of hydrogen-bond acceptors (Lipinski definition) is 3. The molecule has 0 bridgehead atoms. The molecular weight excluding hydrogens is 180 g/mol. The van der Waals surface area contributed by atoms with Crippen LogP contribution in [0.1, 0.15) is 12.5 Å². The van der Waals surface area contributed by atoms with Gasteiger partial charge in [0, 0.05) is 5.56 Å². The van der Waals surface area contributed by atoms with Crippen LogP contribution in [0.3, 0.4) is 0 Å². The number of hydrazine groups is 1. The Morgan fingerprint density at radius 1 is 1.43 bits per heavy atom. The van der Waals surface area contributed by atoms with Crippen molar-refractivity contribution in [2.24, 2.45) is 5.84 Å². The third-order valence-corrected chi connectivity index (χ3v) is 2.51. The molecule has 0 aliphatic carbocycles. The molecule has 1 unspecified atom stereocenters. The zero-order valence-corrected chi connectivity index (χ0v) is 7.93. The molecule has 0 saturated carbocycles. The first-order valence-corrected chi connectivity index (χ1v) is 4.42. The number of hydrogen-bond donors (Lipinski definition) is 1. The van der Waals surface area contributed by atoms with Crippen molar-refractivity contribution in [3.63, 3.8) is 0 Å². The molecule has 1 fully saturated rings. The molecule has 1 heterocycles. The zero-order valence-electron chi connectivity index (χ0n) is 7.93. The standard InChI is InChI=1S/C10H12N2O2/c1-10(8-5-3-2-4-6-8)12(11)9(13)7-14-10/h2-6H,7,11H2,1H3. The monoisotopic (exact) mass is 192 g/mol. The smallest absolute Gasteiger partial charge is 0.265 e. The van der Waals surface area contributed by atoms with Gasteiger partial charge in [-0.2, -0.15) is 0 Å². The first-order valence-electron chi connectivity index (χ1n) is 4.42. The number of carbonyl (C=O) groups excluding carboxylic acids is 1.